The standard InChI is InChI=1S/C12H14ClN3/c13-9-3-4-10-11(6-9)16-12(15-10)8-2-1-5-14-7-8/h3-4,6,8,14H,1-2,5,7H2,(H,15,16)/t8-/m1/s1. The molecule has 0 amide bonds. The maximum atomic E-state index is 5.95. The molecule has 4 heteroatoms. The van der Waals surface area contributed by atoms with Crippen molar-refractivity contribution in [3.63, 3.8) is 0 Å². The number of halogens is 1. The number of hydrogen-bond acceptors (Lipinski definition) is 2. The molecule has 0 radical (unpaired) electrons. The fourth-order valence-electron chi connectivity index (χ4n) is 2.28. The number of aromatic nitrogens is 2. The Bertz CT molecular complexity index is 500. The SMILES string of the molecule is Clc1ccc2nc([C@@H]3CCCNC3)[nH]c2c1. The lowest BCUT2D eigenvalue weighted by Crippen LogP contribution is -2.28. The molecular formula is C12H14ClN3. The molecule has 1 aromatic carbocycles. The third-order valence-corrected chi connectivity index (χ3v) is 3.38. The van der Waals surface area contributed by atoms with Gasteiger partial charge in [0, 0.05) is 17.5 Å². The monoisotopic (exact) mass is 235 g/mol. The van der Waals surface area contributed by atoms with Crippen LogP contribution >= 0.6 is 11.6 Å². The number of nitrogens with zero attached hydrogens (tertiary/aromatic N) is 1. The van der Waals surface area contributed by atoms with E-state index in [2.05, 4.69) is 15.3 Å². The Morgan fingerprint density at radius 1 is 1.38 bits per heavy atom. The smallest absolute Gasteiger partial charge is 0.111 e. The summed E-state index contributed by atoms with van der Waals surface area (Å²) in [5.74, 6) is 1.60. The van der Waals surface area contributed by atoms with Crippen molar-refractivity contribution in [1.29, 1.82) is 0 Å². The molecular weight excluding hydrogens is 222 g/mol. The van der Waals surface area contributed by atoms with Gasteiger partial charge in [0.25, 0.3) is 0 Å². The fourth-order valence-corrected chi connectivity index (χ4v) is 2.45. The van der Waals surface area contributed by atoms with Gasteiger partial charge in [-0.1, -0.05) is 11.6 Å². The lowest BCUT2D eigenvalue weighted by atomic mass is 9.99. The first kappa shape index (κ1) is 10.1. The highest BCUT2D eigenvalue weighted by Crippen LogP contribution is 2.24. The van der Waals surface area contributed by atoms with Gasteiger partial charge in [-0.25, -0.2) is 4.98 Å². The summed E-state index contributed by atoms with van der Waals surface area (Å²) in [4.78, 5) is 7.99. The van der Waals surface area contributed by atoms with Gasteiger partial charge in [-0.2, -0.15) is 0 Å². The number of imidazole rings is 1. The second kappa shape index (κ2) is 4.07. The normalized spacial score (nSPS) is 21.4. The van der Waals surface area contributed by atoms with Gasteiger partial charge >= 0.3 is 0 Å². The van der Waals surface area contributed by atoms with Crippen LogP contribution < -0.4 is 5.32 Å². The summed E-state index contributed by atoms with van der Waals surface area (Å²) in [6.45, 7) is 2.15. The van der Waals surface area contributed by atoms with Gasteiger partial charge in [-0.3, -0.25) is 0 Å². The van der Waals surface area contributed by atoms with Crippen molar-refractivity contribution in [2.75, 3.05) is 13.1 Å². The van der Waals surface area contributed by atoms with E-state index in [0.29, 0.717) is 5.92 Å². The molecule has 2 N–H and O–H groups in total. The van der Waals surface area contributed by atoms with Crippen molar-refractivity contribution in [3.8, 4) is 0 Å². The summed E-state index contributed by atoms with van der Waals surface area (Å²) in [5, 5.41) is 4.16. The summed E-state index contributed by atoms with van der Waals surface area (Å²) in [7, 11) is 0. The van der Waals surface area contributed by atoms with Crippen LogP contribution in [-0.2, 0) is 0 Å². The van der Waals surface area contributed by atoms with Crippen LogP contribution in [0.1, 0.15) is 24.6 Å². The Balaban J connectivity index is 1.97. The maximum Gasteiger partial charge on any atom is 0.111 e. The number of H-pyrrole nitrogens is 1. The van der Waals surface area contributed by atoms with Gasteiger partial charge in [0.2, 0.25) is 0 Å². The molecule has 1 atom stereocenters. The second-order valence-electron chi connectivity index (χ2n) is 4.33. The molecule has 0 spiro atoms. The molecule has 1 saturated heterocycles. The van der Waals surface area contributed by atoms with Gasteiger partial charge in [-0.05, 0) is 37.6 Å². The molecule has 0 aliphatic carbocycles. The average molecular weight is 236 g/mol. The zero-order valence-corrected chi connectivity index (χ0v) is 9.72. The fraction of sp³-hybridized carbons (Fsp3) is 0.417. The molecule has 1 aliphatic heterocycles. The minimum absolute atomic E-state index is 0.514. The summed E-state index contributed by atoms with van der Waals surface area (Å²) in [6.07, 6.45) is 2.43. The Labute approximate surface area is 99.2 Å². The topological polar surface area (TPSA) is 40.7 Å². The van der Waals surface area contributed by atoms with E-state index in [1.165, 1.54) is 12.8 Å². The van der Waals surface area contributed by atoms with Crippen molar-refractivity contribution in [3.05, 3.63) is 29.0 Å². The van der Waals surface area contributed by atoms with Crippen molar-refractivity contribution >= 4 is 22.6 Å². The van der Waals surface area contributed by atoms with Gasteiger partial charge in [0.05, 0.1) is 11.0 Å². The van der Waals surface area contributed by atoms with Crippen LogP contribution in [0.3, 0.4) is 0 Å². The lowest BCUT2D eigenvalue weighted by Gasteiger charge is -2.20. The van der Waals surface area contributed by atoms with Crippen LogP contribution in [0.4, 0.5) is 0 Å². The predicted octanol–water partition coefficient (Wildman–Crippen LogP) is 2.68. The van der Waals surface area contributed by atoms with Crippen molar-refractivity contribution in [2.24, 2.45) is 0 Å². The Morgan fingerprint density at radius 2 is 2.31 bits per heavy atom. The highest BCUT2D eigenvalue weighted by molar-refractivity contribution is 6.31. The number of nitrogens with one attached hydrogen (secondary N) is 2. The van der Waals surface area contributed by atoms with Crippen molar-refractivity contribution < 1.29 is 0 Å². The highest BCUT2D eigenvalue weighted by atomic mass is 35.5. The van der Waals surface area contributed by atoms with E-state index >= 15 is 0 Å². The molecule has 1 fully saturated rings. The summed E-state index contributed by atoms with van der Waals surface area (Å²) < 4.78 is 0. The predicted molar refractivity (Wildman–Crippen MR) is 65.9 cm³/mol. The van der Waals surface area contributed by atoms with E-state index in [9.17, 15) is 0 Å². The molecule has 0 saturated carbocycles. The van der Waals surface area contributed by atoms with E-state index < -0.39 is 0 Å². The minimum Gasteiger partial charge on any atom is -0.342 e. The zero-order chi connectivity index (χ0) is 11.0. The third-order valence-electron chi connectivity index (χ3n) is 3.15. The first-order chi connectivity index (χ1) is 7.83. The highest BCUT2D eigenvalue weighted by Gasteiger charge is 2.18. The van der Waals surface area contributed by atoms with Crippen LogP contribution in [-0.4, -0.2) is 23.1 Å². The van der Waals surface area contributed by atoms with Crippen molar-refractivity contribution in [2.45, 2.75) is 18.8 Å². The largest absolute Gasteiger partial charge is 0.342 e. The number of benzene rings is 1. The zero-order valence-electron chi connectivity index (χ0n) is 8.96. The third kappa shape index (κ3) is 1.81. The van der Waals surface area contributed by atoms with E-state index in [0.717, 1.165) is 35.0 Å². The first-order valence-electron chi connectivity index (χ1n) is 5.69. The molecule has 1 aliphatic rings. The van der Waals surface area contributed by atoms with E-state index in [4.69, 9.17) is 11.6 Å². The molecule has 1 aromatic heterocycles. The lowest BCUT2D eigenvalue weighted by molar-refractivity contribution is 0.449. The Hall–Kier alpha value is -1.06. The van der Waals surface area contributed by atoms with E-state index in [-0.39, 0.29) is 0 Å². The van der Waals surface area contributed by atoms with Crippen LogP contribution in [0.15, 0.2) is 18.2 Å². The number of fused-ring (bicyclic) bond motifs is 1. The van der Waals surface area contributed by atoms with Crippen LogP contribution in [0.2, 0.25) is 5.02 Å². The Kier molecular flexibility index (Phi) is 2.58. The van der Waals surface area contributed by atoms with Crippen LogP contribution in [0.5, 0.6) is 0 Å². The average Bonchev–Trinajstić information content (AvgIpc) is 2.73. The van der Waals surface area contributed by atoms with Crippen LogP contribution in [0.25, 0.3) is 11.0 Å². The summed E-state index contributed by atoms with van der Waals surface area (Å²) >= 11 is 5.95. The molecule has 3 nitrogen and oxygen atoms in total. The number of piperidine rings is 1. The van der Waals surface area contributed by atoms with Gasteiger partial charge in [0.1, 0.15) is 5.82 Å². The molecule has 3 rings (SSSR count). The van der Waals surface area contributed by atoms with E-state index in [1.54, 1.807) is 0 Å². The van der Waals surface area contributed by atoms with Crippen molar-refractivity contribution in [1.82, 2.24) is 15.3 Å². The molecule has 2 heterocycles. The van der Waals surface area contributed by atoms with E-state index in [1.807, 2.05) is 18.2 Å². The molecule has 0 bridgehead atoms. The number of aromatic amines is 1. The van der Waals surface area contributed by atoms with Gasteiger partial charge < -0.3 is 10.3 Å². The quantitative estimate of drug-likeness (QED) is 0.798. The van der Waals surface area contributed by atoms with Gasteiger partial charge in [0.15, 0.2) is 0 Å². The van der Waals surface area contributed by atoms with Gasteiger partial charge in [-0.15, -0.1) is 0 Å². The maximum absolute atomic E-state index is 5.95. The first-order valence-corrected chi connectivity index (χ1v) is 6.06. The number of hydrogen-bond donors (Lipinski definition) is 2. The Morgan fingerprint density at radius 3 is 3.12 bits per heavy atom. The molecule has 84 valence electrons. The molecule has 2 aromatic rings. The molecule has 0 unspecified atom stereocenters. The minimum atomic E-state index is 0.514. The molecule has 16 heavy (non-hydrogen) atoms. The van der Waals surface area contributed by atoms with Crippen LogP contribution in [0, 0.1) is 0 Å². The number of rotatable bonds is 1. The summed E-state index contributed by atoms with van der Waals surface area (Å²) in [6, 6.07) is 5.78. The summed E-state index contributed by atoms with van der Waals surface area (Å²) in [5.41, 5.74) is 2.04. The second-order valence-corrected chi connectivity index (χ2v) is 4.76.